The number of β-amino-alcohol motifs (C(OH)–C–C–N with tert-alkyl or cyclic N) is 1. The number of aromatic nitrogens is 3. The van der Waals surface area contributed by atoms with Gasteiger partial charge in [0, 0.05) is 85.9 Å². The molecule has 8 nitrogen and oxygen atoms in total. The molecule has 4 aliphatic heterocycles. The lowest BCUT2D eigenvalue weighted by molar-refractivity contribution is -0.0620. The van der Waals surface area contributed by atoms with Gasteiger partial charge >= 0.3 is 0 Å². The maximum absolute atomic E-state index is 11.5. The van der Waals surface area contributed by atoms with Crippen LogP contribution in [-0.2, 0) is 6.54 Å². The van der Waals surface area contributed by atoms with Crippen LogP contribution in [-0.4, -0.2) is 93.3 Å². The molecule has 0 atom stereocenters. The molecule has 0 unspecified atom stereocenters. The van der Waals surface area contributed by atoms with Crippen molar-refractivity contribution in [1.29, 1.82) is 0 Å². The van der Waals surface area contributed by atoms with E-state index in [2.05, 4.69) is 97.9 Å². The van der Waals surface area contributed by atoms with Crippen molar-refractivity contribution in [3.05, 3.63) is 93.4 Å². The molecule has 8 rings (SSSR count). The number of aryl methyl sites for hydroxylation is 2. The molecule has 0 amide bonds. The summed E-state index contributed by atoms with van der Waals surface area (Å²) >= 11 is 1.80. The van der Waals surface area contributed by atoms with Crippen molar-refractivity contribution in [2.24, 2.45) is 10.9 Å². The van der Waals surface area contributed by atoms with E-state index < -0.39 is 5.60 Å². The quantitative estimate of drug-likeness (QED) is 0.314. The smallest absolute Gasteiger partial charge is 0.160 e. The van der Waals surface area contributed by atoms with Crippen LogP contribution in [0.15, 0.2) is 59.6 Å². The topological polar surface area (TPSA) is 73.0 Å². The maximum atomic E-state index is 11.5. The number of anilines is 1. The average molecular weight is 622 g/mol. The highest BCUT2D eigenvalue weighted by Crippen LogP contribution is 2.37. The lowest BCUT2D eigenvalue weighted by atomic mass is 9.85. The number of benzene rings is 2. The number of hydrogen-bond acceptors (Lipinski definition) is 8. The fourth-order valence-corrected chi connectivity index (χ4v) is 8.96. The molecule has 234 valence electrons. The maximum Gasteiger partial charge on any atom is 0.160 e. The number of rotatable bonds is 7. The molecule has 9 heteroatoms. The summed E-state index contributed by atoms with van der Waals surface area (Å²) in [6, 6.07) is 19.8. The van der Waals surface area contributed by atoms with Crippen molar-refractivity contribution < 1.29 is 5.11 Å². The van der Waals surface area contributed by atoms with Gasteiger partial charge < -0.3 is 14.9 Å². The number of piperidine rings is 1. The van der Waals surface area contributed by atoms with E-state index in [-0.39, 0.29) is 0 Å². The molecule has 3 saturated heterocycles. The number of hydrogen-bond donors (Lipinski definition) is 1. The van der Waals surface area contributed by atoms with E-state index in [4.69, 9.17) is 4.99 Å². The third kappa shape index (κ3) is 5.43. The Balaban J connectivity index is 0.842. The van der Waals surface area contributed by atoms with Gasteiger partial charge in [-0.05, 0) is 56.9 Å². The van der Waals surface area contributed by atoms with Crippen molar-refractivity contribution in [1.82, 2.24) is 24.6 Å². The van der Waals surface area contributed by atoms with Crippen LogP contribution in [0.25, 0.3) is 5.00 Å². The van der Waals surface area contributed by atoms with E-state index in [0.717, 1.165) is 94.0 Å². The summed E-state index contributed by atoms with van der Waals surface area (Å²) in [6.07, 6.45) is 1.75. The average Bonchev–Trinajstić information content (AvgIpc) is 3.46. The highest BCUT2D eigenvalue weighted by atomic mass is 32.1. The minimum atomic E-state index is -0.561. The summed E-state index contributed by atoms with van der Waals surface area (Å²) in [6.45, 7) is 15.2. The fourth-order valence-electron chi connectivity index (χ4n) is 7.73. The van der Waals surface area contributed by atoms with Gasteiger partial charge in [0.1, 0.15) is 17.4 Å². The van der Waals surface area contributed by atoms with Gasteiger partial charge in [0.2, 0.25) is 0 Å². The Morgan fingerprint density at radius 1 is 0.889 bits per heavy atom. The van der Waals surface area contributed by atoms with Crippen LogP contribution in [0.2, 0.25) is 0 Å². The van der Waals surface area contributed by atoms with Crippen molar-refractivity contribution >= 4 is 22.7 Å². The summed E-state index contributed by atoms with van der Waals surface area (Å²) in [7, 11) is 0. The van der Waals surface area contributed by atoms with E-state index >= 15 is 0 Å². The Hall–Kier alpha value is -3.37. The first-order valence-electron chi connectivity index (χ1n) is 16.5. The SMILES string of the molecule is Cc1sc2c(c1C)C(c1ccc(C3CN(CC4(O)CCN(CC5CN(c6ccccc6)C5)CC4)C3)cc1)=NCc1nnc(C)n1-2. The Bertz CT molecular complexity index is 1710. The first-order chi connectivity index (χ1) is 21.8. The molecule has 45 heavy (non-hydrogen) atoms. The molecule has 4 aromatic rings. The number of nitrogens with zero attached hydrogens (tertiary/aromatic N) is 7. The van der Waals surface area contributed by atoms with Crippen LogP contribution < -0.4 is 4.90 Å². The predicted octanol–water partition coefficient (Wildman–Crippen LogP) is 4.97. The number of para-hydroxylation sites is 1. The number of aliphatic hydroxyl groups is 1. The van der Waals surface area contributed by atoms with Crippen molar-refractivity contribution in [2.45, 2.75) is 51.7 Å². The minimum Gasteiger partial charge on any atom is -0.388 e. The Morgan fingerprint density at radius 2 is 1.62 bits per heavy atom. The molecule has 0 aliphatic carbocycles. The van der Waals surface area contributed by atoms with Gasteiger partial charge in [-0.2, -0.15) is 0 Å². The predicted molar refractivity (Wildman–Crippen MR) is 181 cm³/mol. The van der Waals surface area contributed by atoms with Gasteiger partial charge in [0.15, 0.2) is 5.82 Å². The zero-order chi connectivity index (χ0) is 30.7. The first kappa shape index (κ1) is 29.1. The number of aliphatic imine (C=N–C) groups is 1. The van der Waals surface area contributed by atoms with E-state index in [1.54, 1.807) is 11.3 Å². The van der Waals surface area contributed by atoms with E-state index in [9.17, 15) is 5.11 Å². The molecule has 6 heterocycles. The van der Waals surface area contributed by atoms with Gasteiger partial charge in [0.05, 0.1) is 11.3 Å². The van der Waals surface area contributed by atoms with E-state index in [1.165, 1.54) is 32.3 Å². The standard InChI is InChI=1S/C36H43N7OS/c1-24-25(2)45-35-33(24)34(37-17-32-39-38-26(3)43(32)35)29-11-9-28(10-12-29)30-21-41(22-30)23-36(44)13-15-40(16-14-36)18-27-19-42(20-27)31-7-5-4-6-8-31/h4-12,27,30,44H,13-23H2,1-3H3. The molecular weight excluding hydrogens is 579 g/mol. The third-order valence-corrected chi connectivity index (χ3v) is 11.8. The summed E-state index contributed by atoms with van der Waals surface area (Å²) in [5, 5.41) is 21.4. The minimum absolute atomic E-state index is 0.518. The molecule has 3 fully saturated rings. The van der Waals surface area contributed by atoms with Crippen LogP contribution in [0.5, 0.6) is 0 Å². The molecular formula is C36H43N7OS. The summed E-state index contributed by atoms with van der Waals surface area (Å²) in [5.74, 6) is 3.06. The highest BCUT2D eigenvalue weighted by Gasteiger charge is 2.39. The molecule has 2 aromatic carbocycles. The zero-order valence-corrected chi connectivity index (χ0v) is 27.4. The highest BCUT2D eigenvalue weighted by molar-refractivity contribution is 7.15. The van der Waals surface area contributed by atoms with Crippen LogP contribution in [0.3, 0.4) is 0 Å². The van der Waals surface area contributed by atoms with Gasteiger partial charge in [-0.15, -0.1) is 21.5 Å². The molecule has 4 aliphatic rings. The number of fused-ring (bicyclic) bond motifs is 3. The van der Waals surface area contributed by atoms with Gasteiger partial charge in [-0.3, -0.25) is 14.5 Å². The van der Waals surface area contributed by atoms with Gasteiger partial charge in [-0.25, -0.2) is 0 Å². The molecule has 0 radical (unpaired) electrons. The van der Waals surface area contributed by atoms with E-state index in [1.807, 2.05) is 6.92 Å². The van der Waals surface area contributed by atoms with Crippen molar-refractivity contribution in [3.8, 4) is 5.00 Å². The molecule has 0 spiro atoms. The van der Waals surface area contributed by atoms with Gasteiger partial charge in [-0.1, -0.05) is 42.5 Å². The zero-order valence-electron chi connectivity index (χ0n) is 26.6. The fraction of sp³-hybridized carbons (Fsp3) is 0.472. The second kappa shape index (κ2) is 11.5. The molecule has 2 aromatic heterocycles. The number of thiophene rings is 1. The lowest BCUT2D eigenvalue weighted by Crippen LogP contribution is -2.57. The van der Waals surface area contributed by atoms with Crippen molar-refractivity contribution in [3.63, 3.8) is 0 Å². The van der Waals surface area contributed by atoms with Crippen LogP contribution in [0.1, 0.15) is 57.5 Å². The Morgan fingerprint density at radius 3 is 2.36 bits per heavy atom. The first-order valence-corrected chi connectivity index (χ1v) is 17.3. The third-order valence-electron chi connectivity index (χ3n) is 10.6. The van der Waals surface area contributed by atoms with Crippen LogP contribution in [0.4, 0.5) is 5.69 Å². The second-order valence-electron chi connectivity index (χ2n) is 13.8. The monoisotopic (exact) mass is 621 g/mol. The van der Waals surface area contributed by atoms with Crippen LogP contribution in [0, 0.1) is 26.7 Å². The summed E-state index contributed by atoms with van der Waals surface area (Å²) < 4.78 is 2.18. The normalized spacial score (nSPS) is 20.6. The Labute approximate surface area is 270 Å². The molecule has 1 N–H and O–H groups in total. The lowest BCUT2D eigenvalue weighted by Gasteiger charge is -2.48. The largest absolute Gasteiger partial charge is 0.388 e. The van der Waals surface area contributed by atoms with Crippen LogP contribution >= 0.6 is 11.3 Å². The Kier molecular flexibility index (Phi) is 7.40. The second-order valence-corrected chi connectivity index (χ2v) is 15.0. The molecule has 0 saturated carbocycles. The molecule has 0 bridgehead atoms. The summed E-state index contributed by atoms with van der Waals surface area (Å²) in [4.78, 5) is 13.9. The van der Waals surface area contributed by atoms with Gasteiger partial charge in [0.25, 0.3) is 0 Å². The van der Waals surface area contributed by atoms with E-state index in [0.29, 0.717) is 12.5 Å². The van der Waals surface area contributed by atoms with Crippen molar-refractivity contribution in [2.75, 3.05) is 57.3 Å². The number of likely N-dealkylation sites (tertiary alicyclic amines) is 2. The summed E-state index contributed by atoms with van der Waals surface area (Å²) in [5.41, 5.74) is 6.86.